The second kappa shape index (κ2) is 9.25. The summed E-state index contributed by atoms with van der Waals surface area (Å²) >= 11 is 1.26. The van der Waals surface area contributed by atoms with Gasteiger partial charge in [0.25, 0.3) is 5.91 Å². The van der Waals surface area contributed by atoms with Gasteiger partial charge in [0, 0.05) is 11.6 Å². The number of hydrogen-bond acceptors (Lipinski definition) is 5. The summed E-state index contributed by atoms with van der Waals surface area (Å²) < 4.78 is 5.90. The first-order valence-corrected chi connectivity index (χ1v) is 11.3. The molecule has 3 aromatic carbocycles. The molecule has 0 spiro atoms. The summed E-state index contributed by atoms with van der Waals surface area (Å²) in [6, 6.07) is 28.8. The lowest BCUT2D eigenvalue weighted by atomic mass is 10.1. The van der Waals surface area contributed by atoms with E-state index in [1.165, 1.54) is 17.8 Å². The lowest BCUT2D eigenvalue weighted by Crippen LogP contribution is -2.28. The molecule has 2 heterocycles. The summed E-state index contributed by atoms with van der Waals surface area (Å²) in [5.74, 6) is -0.387. The number of aromatic carboxylic acids is 1. The molecule has 0 aliphatic carbocycles. The molecular formula is C27H18N2O4S. The van der Waals surface area contributed by atoms with Gasteiger partial charge < -0.3 is 9.52 Å². The molecule has 1 saturated heterocycles. The van der Waals surface area contributed by atoms with Crippen LogP contribution >= 0.6 is 11.8 Å². The van der Waals surface area contributed by atoms with E-state index >= 15 is 0 Å². The van der Waals surface area contributed by atoms with Crippen molar-refractivity contribution in [2.24, 2.45) is 4.99 Å². The van der Waals surface area contributed by atoms with Crippen molar-refractivity contribution in [1.82, 2.24) is 0 Å². The zero-order valence-corrected chi connectivity index (χ0v) is 18.6. The maximum absolute atomic E-state index is 13.4. The van der Waals surface area contributed by atoms with Crippen molar-refractivity contribution in [3.63, 3.8) is 0 Å². The molecule has 1 amide bonds. The van der Waals surface area contributed by atoms with Gasteiger partial charge in [-0.3, -0.25) is 9.69 Å². The Hall–Kier alpha value is -4.36. The fourth-order valence-corrected chi connectivity index (χ4v) is 4.54. The molecule has 0 atom stereocenters. The highest BCUT2D eigenvalue weighted by molar-refractivity contribution is 8.19. The number of rotatable bonds is 5. The van der Waals surface area contributed by atoms with Crippen LogP contribution in [0.3, 0.4) is 0 Å². The van der Waals surface area contributed by atoms with E-state index in [2.05, 4.69) is 4.99 Å². The molecule has 1 aliphatic heterocycles. The number of carboxylic acids is 1. The van der Waals surface area contributed by atoms with Crippen LogP contribution in [0.2, 0.25) is 0 Å². The smallest absolute Gasteiger partial charge is 0.336 e. The Morgan fingerprint density at radius 2 is 1.56 bits per heavy atom. The average Bonchev–Trinajstić information content (AvgIpc) is 3.45. The van der Waals surface area contributed by atoms with Gasteiger partial charge in [0.05, 0.1) is 21.8 Å². The second-order valence-corrected chi connectivity index (χ2v) is 8.38. The maximum Gasteiger partial charge on any atom is 0.336 e. The molecular weight excluding hydrogens is 448 g/mol. The van der Waals surface area contributed by atoms with Crippen LogP contribution in [0.1, 0.15) is 16.1 Å². The Balaban J connectivity index is 1.51. The van der Waals surface area contributed by atoms with Crippen LogP contribution in [0, 0.1) is 0 Å². The van der Waals surface area contributed by atoms with E-state index in [-0.39, 0.29) is 11.5 Å². The Labute approximate surface area is 199 Å². The van der Waals surface area contributed by atoms with Crippen LogP contribution in [0.15, 0.2) is 111 Å². The van der Waals surface area contributed by atoms with E-state index in [0.29, 0.717) is 32.8 Å². The molecule has 1 fully saturated rings. The minimum atomic E-state index is -1.03. The monoisotopic (exact) mass is 466 g/mol. The van der Waals surface area contributed by atoms with E-state index in [9.17, 15) is 14.7 Å². The zero-order valence-electron chi connectivity index (χ0n) is 17.8. The summed E-state index contributed by atoms with van der Waals surface area (Å²) in [6.45, 7) is 0. The largest absolute Gasteiger partial charge is 0.478 e. The van der Waals surface area contributed by atoms with Gasteiger partial charge in [0.15, 0.2) is 5.17 Å². The number of amides is 1. The number of hydrogen-bond donors (Lipinski definition) is 1. The highest BCUT2D eigenvalue weighted by atomic mass is 32.2. The molecule has 1 aromatic heterocycles. The topological polar surface area (TPSA) is 83.1 Å². The molecule has 0 unspecified atom stereocenters. The Kier molecular flexibility index (Phi) is 5.84. The number of benzene rings is 3. The van der Waals surface area contributed by atoms with Gasteiger partial charge in [0.1, 0.15) is 11.5 Å². The van der Waals surface area contributed by atoms with E-state index in [1.807, 2.05) is 60.7 Å². The molecule has 0 saturated carbocycles. The van der Waals surface area contributed by atoms with E-state index < -0.39 is 5.97 Å². The number of aliphatic imine (C=N–C) groups is 1. The molecule has 1 N–H and O–H groups in total. The fraction of sp³-hybridized carbons (Fsp3) is 0. The van der Waals surface area contributed by atoms with Crippen LogP contribution in [-0.2, 0) is 4.79 Å². The predicted molar refractivity (Wildman–Crippen MR) is 134 cm³/mol. The highest BCUT2D eigenvalue weighted by Gasteiger charge is 2.35. The summed E-state index contributed by atoms with van der Waals surface area (Å²) in [5.41, 5.74) is 2.08. The van der Waals surface area contributed by atoms with Gasteiger partial charge >= 0.3 is 5.97 Å². The van der Waals surface area contributed by atoms with E-state index in [4.69, 9.17) is 4.42 Å². The van der Waals surface area contributed by atoms with Crippen molar-refractivity contribution in [2.75, 3.05) is 4.90 Å². The third kappa shape index (κ3) is 4.29. The third-order valence-corrected chi connectivity index (χ3v) is 6.09. The quantitative estimate of drug-likeness (QED) is 0.342. The molecule has 4 aromatic rings. The number of carbonyl (C=O) groups is 2. The van der Waals surface area contributed by atoms with E-state index in [1.54, 1.807) is 41.3 Å². The van der Waals surface area contributed by atoms with Gasteiger partial charge in [0.2, 0.25) is 0 Å². The Morgan fingerprint density at radius 1 is 0.882 bits per heavy atom. The van der Waals surface area contributed by atoms with Crippen LogP contribution in [0.25, 0.3) is 17.4 Å². The van der Waals surface area contributed by atoms with Crippen LogP contribution in [0.4, 0.5) is 11.4 Å². The normalized spacial score (nSPS) is 15.9. The number of furan rings is 1. The number of nitrogens with zero attached hydrogens (tertiary/aromatic N) is 2. The van der Waals surface area contributed by atoms with Crippen molar-refractivity contribution in [3.05, 3.63) is 113 Å². The maximum atomic E-state index is 13.4. The molecule has 0 bridgehead atoms. The first-order chi connectivity index (χ1) is 16.6. The highest BCUT2D eigenvalue weighted by Crippen LogP contribution is 2.38. The Morgan fingerprint density at radius 3 is 2.29 bits per heavy atom. The van der Waals surface area contributed by atoms with Gasteiger partial charge in [-0.1, -0.05) is 54.6 Å². The van der Waals surface area contributed by atoms with Crippen LogP contribution in [-0.4, -0.2) is 22.2 Å². The van der Waals surface area contributed by atoms with Crippen molar-refractivity contribution in [1.29, 1.82) is 0 Å². The number of carboxylic acid groups (broad SMARTS) is 1. The lowest BCUT2D eigenvalue weighted by molar-refractivity contribution is -0.113. The van der Waals surface area contributed by atoms with Gasteiger partial charge in [-0.25, -0.2) is 9.79 Å². The predicted octanol–water partition coefficient (Wildman–Crippen LogP) is 6.45. The second-order valence-electron chi connectivity index (χ2n) is 7.37. The van der Waals surface area contributed by atoms with Gasteiger partial charge in [-0.15, -0.1) is 0 Å². The third-order valence-electron chi connectivity index (χ3n) is 5.12. The summed E-state index contributed by atoms with van der Waals surface area (Å²) in [6.07, 6.45) is 1.66. The lowest BCUT2D eigenvalue weighted by Gasteiger charge is -2.15. The summed E-state index contributed by atoms with van der Waals surface area (Å²) in [7, 11) is 0. The average molecular weight is 467 g/mol. The SMILES string of the molecule is O=C(O)c1ccccc1-c1ccc(/C=C2/SC(=Nc3ccccc3)N(c3ccccc3)C2=O)o1. The molecule has 0 radical (unpaired) electrons. The molecule has 6 nitrogen and oxygen atoms in total. The molecule has 7 heteroatoms. The van der Waals surface area contributed by atoms with Crippen molar-refractivity contribution in [2.45, 2.75) is 0 Å². The standard InChI is InChI=1S/C27H18N2O4S/c30-25-24(17-20-15-16-23(33-20)21-13-7-8-14-22(21)26(31)32)34-27(28-18-9-3-1-4-10-18)29(25)19-11-5-2-6-12-19/h1-17H,(H,31,32)/b24-17+,28-27?. The Bertz CT molecular complexity index is 1430. The van der Waals surface area contributed by atoms with Crippen molar-refractivity contribution < 1.29 is 19.1 Å². The molecule has 166 valence electrons. The number of anilines is 1. The van der Waals surface area contributed by atoms with Gasteiger partial charge in [-0.2, -0.15) is 0 Å². The number of carbonyl (C=O) groups excluding carboxylic acids is 1. The first-order valence-electron chi connectivity index (χ1n) is 10.5. The summed E-state index contributed by atoms with van der Waals surface area (Å²) in [5, 5.41) is 10.0. The van der Waals surface area contributed by atoms with Crippen LogP contribution in [0.5, 0.6) is 0 Å². The number of para-hydroxylation sites is 2. The van der Waals surface area contributed by atoms with Crippen molar-refractivity contribution in [3.8, 4) is 11.3 Å². The minimum absolute atomic E-state index is 0.148. The summed E-state index contributed by atoms with van der Waals surface area (Å²) in [4.78, 5) is 31.6. The van der Waals surface area contributed by atoms with E-state index in [0.717, 1.165) is 5.69 Å². The number of thioether (sulfide) groups is 1. The molecule has 34 heavy (non-hydrogen) atoms. The molecule has 1 aliphatic rings. The van der Waals surface area contributed by atoms with Crippen LogP contribution < -0.4 is 4.90 Å². The number of amidine groups is 1. The molecule has 5 rings (SSSR count). The first kappa shape index (κ1) is 21.5. The fourth-order valence-electron chi connectivity index (χ4n) is 3.56. The van der Waals surface area contributed by atoms with Gasteiger partial charge in [-0.05, 0) is 54.2 Å². The minimum Gasteiger partial charge on any atom is -0.478 e. The zero-order chi connectivity index (χ0) is 23.5. The van der Waals surface area contributed by atoms with Crippen molar-refractivity contribution >= 4 is 46.3 Å².